The van der Waals surface area contributed by atoms with Crippen molar-refractivity contribution in [3.63, 3.8) is 0 Å². The minimum Gasteiger partial charge on any atom is -0.382 e. The van der Waals surface area contributed by atoms with E-state index in [2.05, 4.69) is 5.10 Å². The van der Waals surface area contributed by atoms with Crippen LogP contribution in [0.25, 0.3) is 0 Å². The Morgan fingerprint density at radius 3 is 2.78 bits per heavy atom. The van der Waals surface area contributed by atoms with Gasteiger partial charge in [0.05, 0.1) is 16.9 Å². The van der Waals surface area contributed by atoms with Crippen molar-refractivity contribution in [2.24, 2.45) is 0 Å². The zero-order valence-electron chi connectivity index (χ0n) is 10.8. The molecule has 0 spiro atoms. The van der Waals surface area contributed by atoms with Crippen LogP contribution in [0.2, 0.25) is 5.02 Å². The van der Waals surface area contributed by atoms with Gasteiger partial charge in [0.25, 0.3) is 0 Å². The van der Waals surface area contributed by atoms with Gasteiger partial charge in [-0.15, -0.1) is 0 Å². The largest absolute Gasteiger partial charge is 0.382 e. The van der Waals surface area contributed by atoms with Crippen LogP contribution in [0.4, 0.5) is 0 Å². The molecule has 0 aliphatic heterocycles. The number of aromatic nitrogens is 2. The molecule has 0 aliphatic rings. The number of hydrogen-bond acceptors (Lipinski definition) is 2. The fourth-order valence-electron chi connectivity index (χ4n) is 2.11. The summed E-state index contributed by atoms with van der Waals surface area (Å²) in [5.74, 6) is 0. The van der Waals surface area contributed by atoms with Crippen molar-refractivity contribution in [2.75, 3.05) is 0 Å². The summed E-state index contributed by atoms with van der Waals surface area (Å²) in [5.41, 5.74) is 3.79. The number of halogens is 1. The molecule has 96 valence electrons. The fraction of sp³-hybridized carbons (Fsp3) is 0.357. The molecule has 0 fully saturated rings. The first-order chi connectivity index (χ1) is 8.56. The van der Waals surface area contributed by atoms with Crippen LogP contribution in [0.5, 0.6) is 0 Å². The summed E-state index contributed by atoms with van der Waals surface area (Å²) in [5, 5.41) is 15.2. The monoisotopic (exact) mass is 264 g/mol. The molecular weight excluding hydrogens is 248 g/mol. The van der Waals surface area contributed by atoms with Crippen molar-refractivity contribution in [3.8, 4) is 0 Å². The summed E-state index contributed by atoms with van der Waals surface area (Å²) in [7, 11) is 0. The van der Waals surface area contributed by atoms with Crippen LogP contribution in [-0.2, 0) is 6.54 Å². The highest BCUT2D eigenvalue weighted by Gasteiger charge is 2.21. The number of aliphatic hydroxyl groups is 1. The quantitative estimate of drug-likeness (QED) is 0.924. The average Bonchev–Trinajstić information content (AvgIpc) is 2.73. The smallest absolute Gasteiger partial charge is 0.122 e. The van der Waals surface area contributed by atoms with Gasteiger partial charge in [0, 0.05) is 6.54 Å². The summed E-state index contributed by atoms with van der Waals surface area (Å²) in [4.78, 5) is 0. The molecular formula is C14H17ClN2O. The van der Waals surface area contributed by atoms with E-state index in [0.29, 0.717) is 17.3 Å². The maximum Gasteiger partial charge on any atom is 0.122 e. The number of rotatable bonds is 3. The standard InChI is InChI=1S/C14H17ClN2O/c1-4-17-13(12(15)8-16-17)14(18)11-7-5-6-9(2)10(11)3/h5-8,14,18H,4H2,1-3H3. The summed E-state index contributed by atoms with van der Waals surface area (Å²) in [6.45, 7) is 6.70. The first kappa shape index (κ1) is 13.1. The van der Waals surface area contributed by atoms with E-state index in [1.165, 1.54) is 0 Å². The topological polar surface area (TPSA) is 38.0 Å². The van der Waals surface area contributed by atoms with Gasteiger partial charge in [-0.05, 0) is 37.5 Å². The molecule has 2 rings (SSSR count). The predicted octanol–water partition coefficient (Wildman–Crippen LogP) is 3.25. The molecule has 4 heteroatoms. The number of aliphatic hydroxyl groups excluding tert-OH is 1. The van der Waals surface area contributed by atoms with Crippen LogP contribution in [0.1, 0.15) is 35.4 Å². The van der Waals surface area contributed by atoms with E-state index in [9.17, 15) is 5.11 Å². The Morgan fingerprint density at radius 1 is 1.39 bits per heavy atom. The summed E-state index contributed by atoms with van der Waals surface area (Å²) in [6, 6.07) is 5.90. The average molecular weight is 265 g/mol. The van der Waals surface area contributed by atoms with Gasteiger partial charge in [0.1, 0.15) is 6.10 Å². The van der Waals surface area contributed by atoms with E-state index in [1.807, 2.05) is 39.0 Å². The Labute approximate surface area is 112 Å². The van der Waals surface area contributed by atoms with Crippen molar-refractivity contribution < 1.29 is 5.11 Å². The maximum atomic E-state index is 10.5. The van der Waals surface area contributed by atoms with Gasteiger partial charge in [-0.3, -0.25) is 4.68 Å². The molecule has 18 heavy (non-hydrogen) atoms. The molecule has 1 atom stereocenters. The van der Waals surface area contributed by atoms with E-state index in [4.69, 9.17) is 11.6 Å². The van der Waals surface area contributed by atoms with Gasteiger partial charge in [-0.1, -0.05) is 29.8 Å². The van der Waals surface area contributed by atoms with E-state index in [-0.39, 0.29) is 0 Å². The maximum absolute atomic E-state index is 10.5. The van der Waals surface area contributed by atoms with E-state index in [0.717, 1.165) is 16.7 Å². The molecule has 0 radical (unpaired) electrons. The van der Waals surface area contributed by atoms with Crippen LogP contribution in [0.15, 0.2) is 24.4 Å². The van der Waals surface area contributed by atoms with Gasteiger partial charge in [-0.2, -0.15) is 5.10 Å². The molecule has 2 aromatic rings. The van der Waals surface area contributed by atoms with Crippen LogP contribution < -0.4 is 0 Å². The SMILES string of the molecule is CCn1ncc(Cl)c1C(O)c1cccc(C)c1C. The third kappa shape index (κ3) is 2.16. The molecule has 1 heterocycles. The molecule has 1 aromatic carbocycles. The first-order valence-corrected chi connectivity index (χ1v) is 6.39. The van der Waals surface area contributed by atoms with Crippen LogP contribution in [0, 0.1) is 13.8 Å². The zero-order valence-corrected chi connectivity index (χ0v) is 11.6. The van der Waals surface area contributed by atoms with E-state index >= 15 is 0 Å². The minimum absolute atomic E-state index is 0.505. The Morgan fingerprint density at radius 2 is 2.11 bits per heavy atom. The van der Waals surface area contributed by atoms with Crippen molar-refractivity contribution in [1.29, 1.82) is 0 Å². The normalized spacial score (nSPS) is 12.7. The van der Waals surface area contributed by atoms with Crippen molar-refractivity contribution in [1.82, 2.24) is 9.78 Å². The van der Waals surface area contributed by atoms with Crippen LogP contribution in [0.3, 0.4) is 0 Å². The molecule has 1 unspecified atom stereocenters. The Bertz CT molecular complexity index is 563. The molecule has 1 N–H and O–H groups in total. The predicted molar refractivity (Wildman–Crippen MR) is 72.9 cm³/mol. The first-order valence-electron chi connectivity index (χ1n) is 6.01. The Balaban J connectivity index is 2.51. The lowest BCUT2D eigenvalue weighted by Crippen LogP contribution is -2.11. The lowest BCUT2D eigenvalue weighted by molar-refractivity contribution is 0.207. The number of hydrogen-bond donors (Lipinski definition) is 1. The minimum atomic E-state index is -0.736. The van der Waals surface area contributed by atoms with Crippen LogP contribution >= 0.6 is 11.6 Å². The second-order valence-electron chi connectivity index (χ2n) is 4.39. The number of aryl methyl sites for hydroxylation is 2. The van der Waals surface area contributed by atoms with Crippen molar-refractivity contribution in [2.45, 2.75) is 33.4 Å². The number of benzene rings is 1. The van der Waals surface area contributed by atoms with Gasteiger partial charge in [0.15, 0.2) is 0 Å². The van der Waals surface area contributed by atoms with Crippen molar-refractivity contribution >= 4 is 11.6 Å². The molecule has 3 nitrogen and oxygen atoms in total. The van der Waals surface area contributed by atoms with Gasteiger partial charge < -0.3 is 5.11 Å². The Kier molecular flexibility index (Phi) is 3.73. The van der Waals surface area contributed by atoms with E-state index < -0.39 is 6.10 Å². The Hall–Kier alpha value is -1.32. The highest BCUT2D eigenvalue weighted by atomic mass is 35.5. The third-order valence-electron chi connectivity index (χ3n) is 3.33. The fourth-order valence-corrected chi connectivity index (χ4v) is 2.36. The molecule has 0 aliphatic carbocycles. The van der Waals surface area contributed by atoms with Crippen molar-refractivity contribution in [3.05, 3.63) is 51.8 Å². The third-order valence-corrected chi connectivity index (χ3v) is 3.62. The molecule has 1 aromatic heterocycles. The summed E-state index contributed by atoms with van der Waals surface area (Å²) in [6.07, 6.45) is 0.842. The molecule has 0 saturated carbocycles. The van der Waals surface area contributed by atoms with E-state index in [1.54, 1.807) is 10.9 Å². The molecule has 0 amide bonds. The van der Waals surface area contributed by atoms with Gasteiger partial charge >= 0.3 is 0 Å². The lowest BCUT2D eigenvalue weighted by Gasteiger charge is -2.17. The molecule has 0 saturated heterocycles. The second-order valence-corrected chi connectivity index (χ2v) is 4.79. The van der Waals surface area contributed by atoms with Crippen LogP contribution in [-0.4, -0.2) is 14.9 Å². The zero-order chi connectivity index (χ0) is 13.3. The highest BCUT2D eigenvalue weighted by Crippen LogP contribution is 2.30. The second kappa shape index (κ2) is 5.12. The summed E-state index contributed by atoms with van der Waals surface area (Å²) >= 11 is 6.12. The highest BCUT2D eigenvalue weighted by molar-refractivity contribution is 6.31. The lowest BCUT2D eigenvalue weighted by atomic mass is 9.97. The van der Waals surface area contributed by atoms with Gasteiger partial charge in [-0.25, -0.2) is 0 Å². The van der Waals surface area contributed by atoms with Gasteiger partial charge in [0.2, 0.25) is 0 Å². The number of nitrogens with zero attached hydrogens (tertiary/aromatic N) is 2. The molecule has 0 bridgehead atoms. The summed E-state index contributed by atoms with van der Waals surface area (Å²) < 4.78 is 1.73.